The summed E-state index contributed by atoms with van der Waals surface area (Å²) in [6.07, 6.45) is 11.5. The maximum atomic E-state index is 3.46. The first-order valence-corrected chi connectivity index (χ1v) is 8.91. The minimum atomic E-state index is 0.733. The number of rotatable bonds is 2. The molecule has 3 aliphatic rings. The number of anilines is 1. The molecular weight excluding hydrogens is 256 g/mol. The molecular formula is C19H28N2. The van der Waals surface area contributed by atoms with Gasteiger partial charge in [-0.05, 0) is 67.8 Å². The number of hydrogen-bond donors (Lipinski definition) is 1. The summed E-state index contributed by atoms with van der Waals surface area (Å²) in [5.41, 5.74) is 5.13. The molecule has 21 heavy (non-hydrogen) atoms. The van der Waals surface area contributed by atoms with Crippen molar-refractivity contribution in [2.45, 2.75) is 57.9 Å². The molecule has 1 aromatic rings. The molecule has 4 rings (SSSR count). The molecule has 1 aromatic carbocycles. The first-order chi connectivity index (χ1) is 10.3. The Balaban J connectivity index is 1.36. The second-order valence-corrected chi connectivity index (χ2v) is 7.51. The van der Waals surface area contributed by atoms with Gasteiger partial charge >= 0.3 is 0 Å². The maximum absolute atomic E-state index is 3.46. The van der Waals surface area contributed by atoms with Crippen LogP contribution in [0.25, 0.3) is 0 Å². The zero-order valence-corrected chi connectivity index (χ0v) is 13.2. The largest absolute Gasteiger partial charge is 0.384 e. The van der Waals surface area contributed by atoms with Gasteiger partial charge in [0.05, 0.1) is 0 Å². The summed E-state index contributed by atoms with van der Waals surface area (Å²) in [4.78, 5) is 2.68. The van der Waals surface area contributed by atoms with Gasteiger partial charge in [-0.3, -0.25) is 4.90 Å². The highest BCUT2D eigenvalue weighted by molar-refractivity contribution is 5.56. The van der Waals surface area contributed by atoms with Gasteiger partial charge in [-0.15, -0.1) is 0 Å². The van der Waals surface area contributed by atoms with E-state index in [9.17, 15) is 0 Å². The normalized spacial score (nSPS) is 24.8. The third-order valence-corrected chi connectivity index (χ3v) is 6.12. The lowest BCUT2D eigenvalue weighted by atomic mass is 9.68. The molecule has 2 fully saturated rings. The second-order valence-electron chi connectivity index (χ2n) is 7.51. The van der Waals surface area contributed by atoms with Gasteiger partial charge in [-0.1, -0.05) is 31.4 Å². The van der Waals surface area contributed by atoms with E-state index in [1.54, 1.807) is 0 Å². The minimum absolute atomic E-state index is 0.733. The minimum Gasteiger partial charge on any atom is -0.384 e. The number of hydrogen-bond acceptors (Lipinski definition) is 2. The second kappa shape index (κ2) is 5.64. The van der Waals surface area contributed by atoms with Gasteiger partial charge in [-0.25, -0.2) is 0 Å². The van der Waals surface area contributed by atoms with Crippen LogP contribution in [0.5, 0.6) is 0 Å². The topological polar surface area (TPSA) is 15.3 Å². The fraction of sp³-hybridized carbons (Fsp3) is 0.684. The number of benzene rings is 1. The zero-order valence-electron chi connectivity index (χ0n) is 13.2. The number of nitrogens with one attached hydrogen (secondary N) is 1. The SMILES string of the molecule is c1cc2c(cc1CN1CCC3(CCCCC3)CC1)CCN2. The molecule has 0 aromatic heterocycles. The van der Waals surface area contributed by atoms with Crippen molar-refractivity contribution >= 4 is 5.69 Å². The van der Waals surface area contributed by atoms with Crippen LogP contribution in [-0.4, -0.2) is 24.5 Å². The van der Waals surface area contributed by atoms with Crippen LogP contribution in [0.4, 0.5) is 5.69 Å². The van der Waals surface area contributed by atoms with Crippen LogP contribution in [-0.2, 0) is 13.0 Å². The van der Waals surface area contributed by atoms with Crippen LogP contribution in [0.15, 0.2) is 18.2 Å². The Morgan fingerprint density at radius 3 is 2.62 bits per heavy atom. The number of fused-ring (bicyclic) bond motifs is 1. The Morgan fingerprint density at radius 1 is 1.00 bits per heavy atom. The van der Waals surface area contributed by atoms with Crippen molar-refractivity contribution in [3.8, 4) is 0 Å². The summed E-state index contributed by atoms with van der Waals surface area (Å²) in [5.74, 6) is 0. The molecule has 1 N–H and O–H groups in total. The predicted octanol–water partition coefficient (Wildman–Crippen LogP) is 4.20. The van der Waals surface area contributed by atoms with Gasteiger partial charge in [0.2, 0.25) is 0 Å². The van der Waals surface area contributed by atoms with E-state index >= 15 is 0 Å². The van der Waals surface area contributed by atoms with Crippen LogP contribution in [0.2, 0.25) is 0 Å². The number of piperidine rings is 1. The highest BCUT2D eigenvalue weighted by Gasteiger charge is 2.35. The van der Waals surface area contributed by atoms with Gasteiger partial charge in [0.1, 0.15) is 0 Å². The van der Waals surface area contributed by atoms with Crippen molar-refractivity contribution in [1.82, 2.24) is 4.90 Å². The van der Waals surface area contributed by atoms with Crippen molar-refractivity contribution in [2.75, 3.05) is 25.0 Å². The van der Waals surface area contributed by atoms with Crippen LogP contribution < -0.4 is 5.32 Å². The van der Waals surface area contributed by atoms with Crippen molar-refractivity contribution in [2.24, 2.45) is 5.41 Å². The van der Waals surface area contributed by atoms with E-state index in [-0.39, 0.29) is 0 Å². The number of likely N-dealkylation sites (tertiary alicyclic amines) is 1. The highest BCUT2D eigenvalue weighted by atomic mass is 15.1. The maximum Gasteiger partial charge on any atom is 0.0373 e. The first kappa shape index (κ1) is 13.6. The average molecular weight is 284 g/mol. The molecule has 0 atom stereocenters. The van der Waals surface area contributed by atoms with Crippen molar-refractivity contribution in [3.63, 3.8) is 0 Å². The first-order valence-electron chi connectivity index (χ1n) is 8.91. The zero-order chi connectivity index (χ0) is 14.1. The quantitative estimate of drug-likeness (QED) is 0.875. The van der Waals surface area contributed by atoms with E-state index in [4.69, 9.17) is 0 Å². The van der Waals surface area contributed by atoms with Gasteiger partial charge in [0.15, 0.2) is 0 Å². The fourth-order valence-corrected chi connectivity index (χ4v) is 4.70. The third-order valence-electron chi connectivity index (χ3n) is 6.12. The average Bonchev–Trinajstić information content (AvgIpc) is 2.98. The lowest BCUT2D eigenvalue weighted by Crippen LogP contribution is -2.40. The molecule has 1 saturated heterocycles. The smallest absolute Gasteiger partial charge is 0.0373 e. The summed E-state index contributed by atoms with van der Waals surface area (Å²) >= 11 is 0. The van der Waals surface area contributed by atoms with Crippen LogP contribution in [0, 0.1) is 5.41 Å². The molecule has 1 saturated carbocycles. The highest BCUT2D eigenvalue weighted by Crippen LogP contribution is 2.44. The van der Waals surface area contributed by atoms with E-state index in [1.807, 2.05) is 0 Å². The van der Waals surface area contributed by atoms with E-state index in [2.05, 4.69) is 28.4 Å². The Morgan fingerprint density at radius 2 is 1.81 bits per heavy atom. The van der Waals surface area contributed by atoms with Gasteiger partial charge in [0, 0.05) is 18.8 Å². The summed E-state index contributed by atoms with van der Waals surface area (Å²) < 4.78 is 0. The Labute approximate surface area is 128 Å². The van der Waals surface area contributed by atoms with E-state index in [1.165, 1.54) is 81.3 Å². The lowest BCUT2D eigenvalue weighted by Gasteiger charge is -2.44. The molecule has 0 radical (unpaired) electrons. The van der Waals surface area contributed by atoms with Crippen molar-refractivity contribution < 1.29 is 0 Å². The molecule has 1 spiro atoms. The molecule has 2 aliphatic heterocycles. The number of nitrogens with zero attached hydrogens (tertiary/aromatic N) is 1. The van der Waals surface area contributed by atoms with Crippen LogP contribution >= 0.6 is 0 Å². The van der Waals surface area contributed by atoms with Crippen LogP contribution in [0.1, 0.15) is 56.1 Å². The van der Waals surface area contributed by atoms with E-state index in [0.29, 0.717) is 0 Å². The van der Waals surface area contributed by atoms with Gasteiger partial charge in [-0.2, -0.15) is 0 Å². The Hall–Kier alpha value is -1.02. The molecule has 2 heteroatoms. The monoisotopic (exact) mass is 284 g/mol. The molecule has 2 nitrogen and oxygen atoms in total. The lowest BCUT2D eigenvalue weighted by molar-refractivity contribution is 0.0641. The van der Waals surface area contributed by atoms with Crippen LogP contribution in [0.3, 0.4) is 0 Å². The summed E-state index contributed by atoms with van der Waals surface area (Å²) in [6.45, 7) is 4.90. The summed E-state index contributed by atoms with van der Waals surface area (Å²) in [7, 11) is 0. The van der Waals surface area contributed by atoms with Gasteiger partial charge < -0.3 is 5.32 Å². The van der Waals surface area contributed by atoms with Crippen molar-refractivity contribution in [3.05, 3.63) is 29.3 Å². The Bertz CT molecular complexity index is 492. The van der Waals surface area contributed by atoms with Gasteiger partial charge in [0.25, 0.3) is 0 Å². The summed E-state index contributed by atoms with van der Waals surface area (Å²) in [5, 5.41) is 3.46. The van der Waals surface area contributed by atoms with E-state index < -0.39 is 0 Å². The molecule has 0 bridgehead atoms. The van der Waals surface area contributed by atoms with E-state index in [0.717, 1.165) is 18.5 Å². The standard InChI is InChI=1S/C19H28N2/c1-2-7-19(8-3-1)9-12-21(13-10-19)15-16-4-5-18-17(14-16)6-11-20-18/h4-5,14,20H,1-3,6-13,15H2. The Kier molecular flexibility index (Phi) is 3.66. The summed E-state index contributed by atoms with van der Waals surface area (Å²) in [6, 6.07) is 7.03. The molecule has 1 aliphatic carbocycles. The molecule has 2 heterocycles. The third kappa shape index (κ3) is 2.83. The predicted molar refractivity (Wildman–Crippen MR) is 88.7 cm³/mol. The molecule has 0 amide bonds. The van der Waals surface area contributed by atoms with Crippen molar-refractivity contribution in [1.29, 1.82) is 0 Å². The molecule has 0 unspecified atom stereocenters. The molecule has 114 valence electrons. The fourth-order valence-electron chi connectivity index (χ4n) is 4.70.